The zero-order valence-corrected chi connectivity index (χ0v) is 12.5. The highest BCUT2D eigenvalue weighted by Crippen LogP contribution is 2.46. The summed E-state index contributed by atoms with van der Waals surface area (Å²) in [4.78, 5) is 0. The fraction of sp³-hybridized carbons (Fsp3) is 0.857. The average Bonchev–Trinajstić information content (AvgIpc) is 3.36. The molecule has 2 heterocycles. The van der Waals surface area contributed by atoms with Crippen LogP contribution in [0.4, 0.5) is 0 Å². The Labute approximate surface area is 123 Å². The molecule has 2 N–H and O–H groups in total. The van der Waals surface area contributed by atoms with Gasteiger partial charge in [0, 0.05) is 17.7 Å². The van der Waals surface area contributed by atoms with Crippen LogP contribution >= 0.6 is 11.8 Å². The number of nitrogens with zero attached hydrogens (tertiary/aromatic N) is 3. The van der Waals surface area contributed by atoms with Crippen molar-refractivity contribution in [2.45, 2.75) is 61.2 Å². The van der Waals surface area contributed by atoms with Gasteiger partial charge in [-0.1, -0.05) is 11.8 Å². The lowest BCUT2D eigenvalue weighted by Gasteiger charge is -2.32. The van der Waals surface area contributed by atoms with Crippen molar-refractivity contribution in [1.29, 1.82) is 0 Å². The SMILES string of the molecule is OC1(CSc2nnc(C3CC3)n2C2CC2)CCNCC1. The molecule has 6 heteroatoms. The predicted molar refractivity (Wildman–Crippen MR) is 78.0 cm³/mol. The van der Waals surface area contributed by atoms with Crippen molar-refractivity contribution < 1.29 is 5.11 Å². The van der Waals surface area contributed by atoms with Crippen molar-refractivity contribution in [3.05, 3.63) is 5.82 Å². The van der Waals surface area contributed by atoms with Crippen LogP contribution in [0.3, 0.4) is 0 Å². The highest BCUT2D eigenvalue weighted by molar-refractivity contribution is 7.99. The zero-order chi connectivity index (χ0) is 13.6. The average molecular weight is 294 g/mol. The molecule has 1 aromatic heterocycles. The first kappa shape index (κ1) is 13.1. The molecule has 110 valence electrons. The molecule has 20 heavy (non-hydrogen) atoms. The van der Waals surface area contributed by atoms with E-state index in [4.69, 9.17) is 0 Å². The minimum absolute atomic E-state index is 0.532. The molecule has 0 atom stereocenters. The lowest BCUT2D eigenvalue weighted by atomic mass is 9.95. The third-order valence-corrected chi connectivity index (χ3v) is 5.77. The highest BCUT2D eigenvalue weighted by Gasteiger charge is 2.37. The van der Waals surface area contributed by atoms with Gasteiger partial charge in [-0.15, -0.1) is 10.2 Å². The second kappa shape index (κ2) is 5.00. The van der Waals surface area contributed by atoms with Gasteiger partial charge in [0.2, 0.25) is 0 Å². The third kappa shape index (κ3) is 2.61. The molecule has 3 aliphatic rings. The van der Waals surface area contributed by atoms with Crippen molar-refractivity contribution in [1.82, 2.24) is 20.1 Å². The van der Waals surface area contributed by atoms with Crippen molar-refractivity contribution in [2.24, 2.45) is 0 Å². The third-order valence-electron chi connectivity index (χ3n) is 4.55. The Balaban J connectivity index is 1.48. The maximum absolute atomic E-state index is 10.6. The van der Waals surface area contributed by atoms with Gasteiger partial charge >= 0.3 is 0 Å². The van der Waals surface area contributed by atoms with Gasteiger partial charge in [-0.25, -0.2) is 0 Å². The molecule has 0 aromatic carbocycles. The van der Waals surface area contributed by atoms with Gasteiger partial charge in [0.15, 0.2) is 5.16 Å². The van der Waals surface area contributed by atoms with E-state index in [1.54, 1.807) is 11.8 Å². The summed E-state index contributed by atoms with van der Waals surface area (Å²) in [6.07, 6.45) is 6.75. The largest absolute Gasteiger partial charge is 0.389 e. The Morgan fingerprint density at radius 2 is 1.95 bits per heavy atom. The van der Waals surface area contributed by atoms with Crippen LogP contribution in [0, 0.1) is 0 Å². The van der Waals surface area contributed by atoms with E-state index in [1.165, 1.54) is 31.5 Å². The molecule has 0 radical (unpaired) electrons. The van der Waals surface area contributed by atoms with E-state index in [0.717, 1.165) is 36.8 Å². The zero-order valence-electron chi connectivity index (χ0n) is 11.7. The summed E-state index contributed by atoms with van der Waals surface area (Å²) >= 11 is 1.70. The second-order valence-electron chi connectivity index (χ2n) is 6.48. The molecular weight excluding hydrogens is 272 g/mol. The maximum atomic E-state index is 10.6. The van der Waals surface area contributed by atoms with Gasteiger partial charge in [0.05, 0.1) is 5.60 Å². The topological polar surface area (TPSA) is 63.0 Å². The van der Waals surface area contributed by atoms with E-state index in [1.807, 2.05) is 0 Å². The van der Waals surface area contributed by atoms with Crippen molar-refractivity contribution in [3.8, 4) is 0 Å². The monoisotopic (exact) mass is 294 g/mol. The van der Waals surface area contributed by atoms with Crippen LogP contribution < -0.4 is 5.32 Å². The highest BCUT2D eigenvalue weighted by atomic mass is 32.2. The van der Waals surface area contributed by atoms with Crippen LogP contribution in [0.1, 0.15) is 56.3 Å². The molecule has 0 unspecified atom stereocenters. The Hall–Kier alpha value is -0.590. The van der Waals surface area contributed by atoms with Crippen molar-refractivity contribution >= 4 is 11.8 Å². The van der Waals surface area contributed by atoms with Gasteiger partial charge in [-0.3, -0.25) is 0 Å². The molecule has 0 bridgehead atoms. The van der Waals surface area contributed by atoms with Gasteiger partial charge in [0.25, 0.3) is 0 Å². The first-order valence-electron chi connectivity index (χ1n) is 7.76. The molecule has 2 saturated carbocycles. The van der Waals surface area contributed by atoms with Crippen molar-refractivity contribution in [2.75, 3.05) is 18.8 Å². The maximum Gasteiger partial charge on any atom is 0.191 e. The number of piperidine rings is 1. The molecular formula is C14H22N4OS. The van der Waals surface area contributed by atoms with Crippen LogP contribution in [0.25, 0.3) is 0 Å². The van der Waals surface area contributed by atoms with Gasteiger partial charge < -0.3 is 15.0 Å². The van der Waals surface area contributed by atoms with E-state index in [2.05, 4.69) is 20.1 Å². The number of thioether (sulfide) groups is 1. The Morgan fingerprint density at radius 3 is 2.60 bits per heavy atom. The van der Waals surface area contributed by atoms with Gasteiger partial charge in [-0.2, -0.15) is 0 Å². The fourth-order valence-corrected chi connectivity index (χ4v) is 4.08. The van der Waals surface area contributed by atoms with Crippen molar-refractivity contribution in [3.63, 3.8) is 0 Å². The number of aliphatic hydroxyl groups is 1. The summed E-state index contributed by atoms with van der Waals surface area (Å²) in [5.41, 5.74) is -0.532. The number of hydrogen-bond donors (Lipinski definition) is 2. The van der Waals surface area contributed by atoms with Crippen LogP contribution in [0.15, 0.2) is 5.16 Å². The standard InChI is InChI=1S/C14H22N4OS/c19-14(5-7-15-8-6-14)9-20-13-17-16-12(10-1-2-10)18(13)11-3-4-11/h10-11,15,19H,1-9H2. The lowest BCUT2D eigenvalue weighted by molar-refractivity contribution is 0.0338. The quantitative estimate of drug-likeness (QED) is 0.809. The molecule has 1 aromatic rings. The minimum atomic E-state index is -0.532. The van der Waals surface area contributed by atoms with E-state index in [-0.39, 0.29) is 0 Å². The Morgan fingerprint density at radius 1 is 1.20 bits per heavy atom. The molecule has 0 spiro atoms. The van der Waals surface area contributed by atoms with E-state index in [0.29, 0.717) is 12.0 Å². The summed E-state index contributed by atoms with van der Waals surface area (Å²) < 4.78 is 2.37. The van der Waals surface area contributed by atoms with E-state index >= 15 is 0 Å². The first-order valence-corrected chi connectivity index (χ1v) is 8.74. The van der Waals surface area contributed by atoms with Gasteiger partial charge in [0.1, 0.15) is 5.82 Å². The van der Waals surface area contributed by atoms with Crippen LogP contribution in [0.5, 0.6) is 0 Å². The first-order chi connectivity index (χ1) is 9.75. The van der Waals surface area contributed by atoms with Crippen LogP contribution in [-0.2, 0) is 0 Å². The van der Waals surface area contributed by atoms with E-state index in [9.17, 15) is 5.11 Å². The van der Waals surface area contributed by atoms with Crippen LogP contribution in [0.2, 0.25) is 0 Å². The summed E-state index contributed by atoms with van der Waals surface area (Å²) in [5, 5.41) is 23.7. The van der Waals surface area contributed by atoms with Gasteiger partial charge in [-0.05, 0) is 51.6 Å². The molecule has 1 aliphatic heterocycles. The fourth-order valence-electron chi connectivity index (χ4n) is 2.92. The molecule has 5 nitrogen and oxygen atoms in total. The van der Waals surface area contributed by atoms with E-state index < -0.39 is 5.60 Å². The number of hydrogen-bond acceptors (Lipinski definition) is 5. The molecule has 2 aliphatic carbocycles. The summed E-state index contributed by atoms with van der Waals surface area (Å²) in [7, 11) is 0. The molecule has 1 saturated heterocycles. The molecule has 3 fully saturated rings. The Kier molecular flexibility index (Phi) is 3.27. The predicted octanol–water partition coefficient (Wildman–Crippen LogP) is 1.70. The lowest BCUT2D eigenvalue weighted by Crippen LogP contribution is -2.43. The summed E-state index contributed by atoms with van der Waals surface area (Å²) in [6.45, 7) is 1.83. The Bertz CT molecular complexity index is 489. The second-order valence-corrected chi connectivity index (χ2v) is 7.42. The summed E-state index contributed by atoms with van der Waals surface area (Å²) in [6, 6.07) is 0.630. The minimum Gasteiger partial charge on any atom is -0.389 e. The summed E-state index contributed by atoms with van der Waals surface area (Å²) in [5.74, 6) is 2.59. The molecule has 0 amide bonds. The molecule has 4 rings (SSSR count). The number of aromatic nitrogens is 3. The smallest absolute Gasteiger partial charge is 0.191 e. The number of nitrogens with one attached hydrogen (secondary N) is 1. The normalized spacial score (nSPS) is 25.9. The number of rotatable bonds is 5. The van der Waals surface area contributed by atoms with Crippen LogP contribution in [-0.4, -0.2) is 44.3 Å².